The average molecular weight is 246 g/mol. The lowest BCUT2D eigenvalue weighted by molar-refractivity contribution is 0.684. The van der Waals surface area contributed by atoms with Gasteiger partial charge in [0.15, 0.2) is 0 Å². The van der Waals surface area contributed by atoms with Gasteiger partial charge in [0.05, 0.1) is 0 Å². The maximum atomic E-state index is 4.44. The minimum atomic E-state index is 0.858. The molecule has 2 aromatic rings. The van der Waals surface area contributed by atoms with E-state index >= 15 is 0 Å². The van der Waals surface area contributed by atoms with Gasteiger partial charge in [0.2, 0.25) is 0 Å². The van der Waals surface area contributed by atoms with Crippen LogP contribution in [0.4, 0.5) is 0 Å². The molecule has 17 heavy (non-hydrogen) atoms. The molecule has 1 heterocycles. The molecule has 0 radical (unpaired) electrons. The molecule has 0 fully saturated rings. The summed E-state index contributed by atoms with van der Waals surface area (Å²) in [5.74, 6) is 0. The van der Waals surface area contributed by atoms with Crippen LogP contribution < -0.4 is 5.32 Å². The number of nitrogens with zero attached hydrogens (tertiary/aromatic N) is 1. The van der Waals surface area contributed by atoms with Crippen molar-refractivity contribution in [2.75, 3.05) is 0 Å². The van der Waals surface area contributed by atoms with Crippen LogP contribution in [-0.4, -0.2) is 4.98 Å². The van der Waals surface area contributed by atoms with Gasteiger partial charge in [-0.1, -0.05) is 31.2 Å². The van der Waals surface area contributed by atoms with Crippen molar-refractivity contribution < 1.29 is 0 Å². The Hall–Kier alpha value is -1.19. The first-order chi connectivity index (χ1) is 8.29. The Labute approximate surface area is 107 Å². The fourth-order valence-corrected chi connectivity index (χ4v) is 2.60. The van der Waals surface area contributed by atoms with E-state index in [4.69, 9.17) is 0 Å². The molecule has 1 aromatic carbocycles. The molecule has 0 atom stereocenters. The summed E-state index contributed by atoms with van der Waals surface area (Å²) in [6.07, 6.45) is 1.09. The number of aryl methyl sites for hydroxylation is 2. The monoisotopic (exact) mass is 246 g/mol. The molecule has 0 spiro atoms. The van der Waals surface area contributed by atoms with E-state index in [-0.39, 0.29) is 0 Å². The van der Waals surface area contributed by atoms with Crippen molar-refractivity contribution in [2.45, 2.75) is 33.4 Å². The Balaban J connectivity index is 1.89. The number of hydrogen-bond acceptors (Lipinski definition) is 3. The van der Waals surface area contributed by atoms with Crippen molar-refractivity contribution >= 4 is 11.3 Å². The largest absolute Gasteiger partial charge is 0.306 e. The van der Waals surface area contributed by atoms with Gasteiger partial charge in [-0.25, -0.2) is 4.98 Å². The molecule has 0 amide bonds. The van der Waals surface area contributed by atoms with E-state index in [2.05, 4.69) is 46.9 Å². The molecule has 0 unspecified atom stereocenters. The number of rotatable bonds is 5. The summed E-state index contributed by atoms with van der Waals surface area (Å²) in [5, 5.41) is 6.71. The van der Waals surface area contributed by atoms with Crippen LogP contribution in [0.25, 0.3) is 0 Å². The zero-order valence-corrected chi connectivity index (χ0v) is 11.2. The molecule has 2 nitrogen and oxygen atoms in total. The predicted octanol–water partition coefficient (Wildman–Crippen LogP) is 3.30. The lowest BCUT2D eigenvalue weighted by Gasteiger charge is -2.07. The highest BCUT2D eigenvalue weighted by Crippen LogP contribution is 2.11. The van der Waals surface area contributed by atoms with E-state index < -0.39 is 0 Å². The fourth-order valence-electron chi connectivity index (χ4n) is 1.86. The molecule has 0 saturated heterocycles. The van der Waals surface area contributed by atoms with E-state index in [9.17, 15) is 0 Å². The highest BCUT2D eigenvalue weighted by Gasteiger charge is 2.01. The van der Waals surface area contributed by atoms with Gasteiger partial charge in [-0.3, -0.25) is 0 Å². The summed E-state index contributed by atoms with van der Waals surface area (Å²) in [6.45, 7) is 6.01. The van der Waals surface area contributed by atoms with E-state index in [1.165, 1.54) is 11.1 Å². The molecule has 1 aromatic heterocycles. The number of thiazole rings is 1. The Morgan fingerprint density at radius 2 is 1.94 bits per heavy atom. The molecule has 90 valence electrons. The smallest absolute Gasteiger partial charge is 0.107 e. The quantitative estimate of drug-likeness (QED) is 0.875. The molecule has 0 aliphatic carbocycles. The lowest BCUT2D eigenvalue weighted by atomic mass is 10.1. The first-order valence-corrected chi connectivity index (χ1v) is 6.86. The summed E-state index contributed by atoms with van der Waals surface area (Å²) >= 11 is 1.72. The molecular formula is C14H18N2S. The van der Waals surface area contributed by atoms with Crippen LogP contribution in [0.15, 0.2) is 29.6 Å². The predicted molar refractivity (Wildman–Crippen MR) is 73.2 cm³/mol. The van der Waals surface area contributed by atoms with Crippen molar-refractivity contribution in [2.24, 2.45) is 0 Å². The molecule has 2 rings (SSSR count). The Kier molecular flexibility index (Phi) is 4.29. The minimum Gasteiger partial charge on any atom is -0.306 e. The highest BCUT2D eigenvalue weighted by molar-refractivity contribution is 7.09. The number of aromatic nitrogens is 1. The number of hydrogen-bond donors (Lipinski definition) is 1. The molecule has 3 heteroatoms. The highest BCUT2D eigenvalue weighted by atomic mass is 32.1. The first kappa shape index (κ1) is 12.3. The minimum absolute atomic E-state index is 0.858. The van der Waals surface area contributed by atoms with Gasteiger partial charge in [0, 0.05) is 24.2 Å². The molecule has 1 N–H and O–H groups in total. The van der Waals surface area contributed by atoms with Crippen LogP contribution in [0.1, 0.15) is 28.8 Å². The Bertz CT molecular complexity index is 477. The number of benzene rings is 1. The SMILES string of the molecule is CCc1ccccc1CNCc1nc(C)cs1. The van der Waals surface area contributed by atoms with Crippen LogP contribution >= 0.6 is 11.3 Å². The fraction of sp³-hybridized carbons (Fsp3) is 0.357. The van der Waals surface area contributed by atoms with Crippen molar-refractivity contribution in [3.8, 4) is 0 Å². The molecule has 0 bridgehead atoms. The molecular weight excluding hydrogens is 228 g/mol. The topological polar surface area (TPSA) is 24.9 Å². The van der Waals surface area contributed by atoms with Gasteiger partial charge in [-0.15, -0.1) is 11.3 Å². The third-order valence-corrected chi connectivity index (χ3v) is 3.72. The molecule has 0 aliphatic heterocycles. The van der Waals surface area contributed by atoms with Crippen LogP contribution in [0.2, 0.25) is 0 Å². The van der Waals surface area contributed by atoms with E-state index in [0.717, 1.165) is 30.2 Å². The van der Waals surface area contributed by atoms with Gasteiger partial charge in [0.25, 0.3) is 0 Å². The van der Waals surface area contributed by atoms with Crippen molar-refractivity contribution in [3.63, 3.8) is 0 Å². The third kappa shape index (κ3) is 3.38. The van der Waals surface area contributed by atoms with Gasteiger partial charge in [0.1, 0.15) is 5.01 Å². The second-order valence-electron chi connectivity index (χ2n) is 4.11. The zero-order chi connectivity index (χ0) is 12.1. The second kappa shape index (κ2) is 5.94. The van der Waals surface area contributed by atoms with E-state index in [0.29, 0.717) is 0 Å². The second-order valence-corrected chi connectivity index (χ2v) is 5.05. The molecule has 0 aliphatic rings. The maximum absolute atomic E-state index is 4.44. The van der Waals surface area contributed by atoms with Crippen LogP contribution in [-0.2, 0) is 19.5 Å². The summed E-state index contributed by atoms with van der Waals surface area (Å²) in [4.78, 5) is 4.44. The zero-order valence-electron chi connectivity index (χ0n) is 10.4. The average Bonchev–Trinajstić information content (AvgIpc) is 2.76. The standard InChI is InChI=1S/C14H18N2S/c1-3-12-6-4-5-7-13(12)8-15-9-14-16-11(2)10-17-14/h4-7,10,15H,3,8-9H2,1-2H3. The van der Waals surface area contributed by atoms with Crippen molar-refractivity contribution in [1.29, 1.82) is 0 Å². The van der Waals surface area contributed by atoms with Gasteiger partial charge in [-0.05, 0) is 24.5 Å². The van der Waals surface area contributed by atoms with Crippen LogP contribution in [0.5, 0.6) is 0 Å². The summed E-state index contributed by atoms with van der Waals surface area (Å²) in [6, 6.07) is 8.60. The lowest BCUT2D eigenvalue weighted by Crippen LogP contribution is -2.13. The Morgan fingerprint density at radius 3 is 2.59 bits per heavy atom. The third-order valence-electron chi connectivity index (χ3n) is 2.76. The Morgan fingerprint density at radius 1 is 1.18 bits per heavy atom. The summed E-state index contributed by atoms with van der Waals surface area (Å²) in [7, 11) is 0. The number of nitrogens with one attached hydrogen (secondary N) is 1. The summed E-state index contributed by atoms with van der Waals surface area (Å²) in [5.41, 5.74) is 3.93. The van der Waals surface area contributed by atoms with Crippen molar-refractivity contribution in [3.05, 3.63) is 51.5 Å². The normalized spacial score (nSPS) is 10.7. The summed E-state index contributed by atoms with van der Waals surface area (Å²) < 4.78 is 0. The maximum Gasteiger partial charge on any atom is 0.107 e. The van der Waals surface area contributed by atoms with E-state index in [1.807, 2.05) is 6.92 Å². The van der Waals surface area contributed by atoms with Gasteiger partial charge >= 0.3 is 0 Å². The van der Waals surface area contributed by atoms with Crippen LogP contribution in [0.3, 0.4) is 0 Å². The van der Waals surface area contributed by atoms with E-state index in [1.54, 1.807) is 11.3 Å². The van der Waals surface area contributed by atoms with Crippen LogP contribution in [0, 0.1) is 6.92 Å². The van der Waals surface area contributed by atoms with Gasteiger partial charge < -0.3 is 5.32 Å². The first-order valence-electron chi connectivity index (χ1n) is 5.98. The molecule has 0 saturated carbocycles. The van der Waals surface area contributed by atoms with Gasteiger partial charge in [-0.2, -0.15) is 0 Å². The van der Waals surface area contributed by atoms with Crippen molar-refractivity contribution in [1.82, 2.24) is 10.3 Å².